The topological polar surface area (TPSA) is 76.4 Å². The average molecular weight is 450 g/mol. The van der Waals surface area contributed by atoms with Crippen LogP contribution in [0.1, 0.15) is 17.2 Å². The fourth-order valence-electron chi connectivity index (χ4n) is 4.01. The Hall–Kier alpha value is -4.58. The summed E-state index contributed by atoms with van der Waals surface area (Å²) < 4.78 is 7.60. The lowest BCUT2D eigenvalue weighted by Gasteiger charge is -2.23. The van der Waals surface area contributed by atoms with Crippen LogP contribution in [0.2, 0.25) is 0 Å². The summed E-state index contributed by atoms with van der Waals surface area (Å²) in [5, 5.41) is 15.1. The molecule has 34 heavy (non-hydrogen) atoms. The van der Waals surface area contributed by atoms with Crippen molar-refractivity contribution in [1.29, 1.82) is 0 Å². The molecule has 0 aliphatic heterocycles. The molecule has 2 N–H and O–H groups in total. The maximum Gasteiger partial charge on any atom is 0.258 e. The maximum atomic E-state index is 12.9. The zero-order valence-electron chi connectivity index (χ0n) is 18.3. The second-order valence-corrected chi connectivity index (χ2v) is 7.84. The fourth-order valence-corrected chi connectivity index (χ4v) is 4.01. The summed E-state index contributed by atoms with van der Waals surface area (Å²) in [7, 11) is 0. The molecule has 1 atom stereocenters. The summed E-state index contributed by atoms with van der Waals surface area (Å²) in [5.41, 5.74) is 2.71. The molecule has 5 aromatic rings. The van der Waals surface area contributed by atoms with Crippen LogP contribution in [0.3, 0.4) is 0 Å². The summed E-state index contributed by atoms with van der Waals surface area (Å²) in [6.45, 7) is -0.148. The van der Waals surface area contributed by atoms with Crippen molar-refractivity contribution >= 4 is 16.8 Å². The van der Waals surface area contributed by atoms with Crippen molar-refractivity contribution in [3.63, 3.8) is 0 Å². The van der Waals surface area contributed by atoms with E-state index in [2.05, 4.69) is 10.3 Å². The molecule has 0 spiro atoms. The van der Waals surface area contributed by atoms with Gasteiger partial charge >= 0.3 is 0 Å². The van der Waals surface area contributed by atoms with E-state index in [0.717, 1.165) is 16.6 Å². The summed E-state index contributed by atoms with van der Waals surface area (Å²) in [5.74, 6) is 0.340. The number of rotatable bonds is 7. The molecule has 0 fully saturated rings. The lowest BCUT2D eigenvalue weighted by atomic mass is 9.95. The molecule has 0 bridgehead atoms. The highest BCUT2D eigenvalue weighted by Crippen LogP contribution is 2.38. The molecule has 1 unspecified atom stereocenters. The third-order valence-corrected chi connectivity index (χ3v) is 5.62. The summed E-state index contributed by atoms with van der Waals surface area (Å²) >= 11 is 0. The van der Waals surface area contributed by atoms with E-state index in [4.69, 9.17) is 4.74 Å². The molecular weight excluding hydrogens is 426 g/mol. The molecule has 0 saturated heterocycles. The van der Waals surface area contributed by atoms with Crippen molar-refractivity contribution < 1.29 is 14.6 Å². The molecular formula is C28H23N3O3. The standard InChI is InChI=1S/C28H23N3O3/c32-25(19-34-21-12-5-2-6-13-21)30-26(20-10-3-1-4-11-20)23-18-24(31-16-7-8-17-31)22-14-9-15-29-27(22)28(23)33/h1-18,26,33H,19H2,(H,30,32). The Labute approximate surface area is 197 Å². The van der Waals surface area contributed by atoms with Crippen LogP contribution in [0.15, 0.2) is 110 Å². The number of phenolic OH excluding ortho intramolecular Hbond substituents is 1. The number of phenols is 1. The van der Waals surface area contributed by atoms with Crippen LogP contribution in [0, 0.1) is 0 Å². The smallest absolute Gasteiger partial charge is 0.258 e. The van der Waals surface area contributed by atoms with Crippen molar-refractivity contribution in [3.05, 3.63) is 121 Å². The molecule has 6 heteroatoms. The highest BCUT2D eigenvalue weighted by atomic mass is 16.5. The summed E-state index contributed by atoms with van der Waals surface area (Å²) in [6.07, 6.45) is 5.52. The number of carbonyl (C=O) groups is 1. The second-order valence-electron chi connectivity index (χ2n) is 7.84. The predicted molar refractivity (Wildman–Crippen MR) is 131 cm³/mol. The number of pyridine rings is 1. The molecule has 2 aromatic heterocycles. The number of amides is 1. The van der Waals surface area contributed by atoms with Gasteiger partial charge in [-0.2, -0.15) is 0 Å². The van der Waals surface area contributed by atoms with Gasteiger partial charge in [-0.25, -0.2) is 0 Å². The van der Waals surface area contributed by atoms with E-state index in [1.54, 1.807) is 18.3 Å². The van der Waals surface area contributed by atoms with Gasteiger partial charge in [0.05, 0.1) is 11.7 Å². The third-order valence-electron chi connectivity index (χ3n) is 5.62. The minimum Gasteiger partial charge on any atom is -0.505 e. The molecule has 168 valence electrons. The number of hydrogen-bond donors (Lipinski definition) is 2. The average Bonchev–Trinajstić information content (AvgIpc) is 3.43. The van der Waals surface area contributed by atoms with Gasteiger partial charge in [0.15, 0.2) is 6.61 Å². The Morgan fingerprint density at radius 2 is 1.65 bits per heavy atom. The van der Waals surface area contributed by atoms with Crippen molar-refractivity contribution in [2.75, 3.05) is 6.61 Å². The molecule has 0 aliphatic carbocycles. The first-order valence-corrected chi connectivity index (χ1v) is 11.0. The van der Waals surface area contributed by atoms with Crippen LogP contribution in [0.25, 0.3) is 16.6 Å². The molecule has 0 saturated carbocycles. The number of ether oxygens (including phenoxy) is 1. The molecule has 0 radical (unpaired) electrons. The van der Waals surface area contributed by atoms with Gasteiger partial charge < -0.3 is 19.7 Å². The molecule has 2 heterocycles. The van der Waals surface area contributed by atoms with Crippen molar-refractivity contribution in [1.82, 2.24) is 14.9 Å². The van der Waals surface area contributed by atoms with E-state index in [0.29, 0.717) is 16.8 Å². The molecule has 3 aromatic carbocycles. The Bertz CT molecular complexity index is 1400. The van der Waals surface area contributed by atoms with E-state index in [-0.39, 0.29) is 18.3 Å². The minimum absolute atomic E-state index is 0.0321. The highest BCUT2D eigenvalue weighted by molar-refractivity contribution is 5.93. The lowest BCUT2D eigenvalue weighted by Crippen LogP contribution is -2.33. The number of fused-ring (bicyclic) bond motifs is 1. The van der Waals surface area contributed by atoms with Crippen LogP contribution < -0.4 is 10.1 Å². The number of carbonyl (C=O) groups excluding carboxylic acids is 1. The van der Waals surface area contributed by atoms with Gasteiger partial charge in [0, 0.05) is 29.5 Å². The number of aromatic nitrogens is 2. The van der Waals surface area contributed by atoms with E-state index in [1.807, 2.05) is 95.8 Å². The van der Waals surface area contributed by atoms with Crippen molar-refractivity contribution in [2.45, 2.75) is 6.04 Å². The maximum absolute atomic E-state index is 12.9. The van der Waals surface area contributed by atoms with E-state index >= 15 is 0 Å². The van der Waals surface area contributed by atoms with Crippen LogP contribution in [0.4, 0.5) is 0 Å². The van der Waals surface area contributed by atoms with Gasteiger partial charge in [-0.15, -0.1) is 0 Å². The third kappa shape index (κ3) is 4.34. The van der Waals surface area contributed by atoms with Crippen LogP contribution >= 0.6 is 0 Å². The van der Waals surface area contributed by atoms with Gasteiger partial charge in [0.2, 0.25) is 0 Å². The van der Waals surface area contributed by atoms with Gasteiger partial charge in [-0.05, 0) is 48.0 Å². The number of benzene rings is 3. The molecule has 0 aliphatic rings. The van der Waals surface area contributed by atoms with Crippen LogP contribution in [-0.2, 0) is 4.79 Å². The zero-order chi connectivity index (χ0) is 23.3. The Morgan fingerprint density at radius 1 is 0.941 bits per heavy atom. The van der Waals surface area contributed by atoms with Crippen molar-refractivity contribution in [3.8, 4) is 17.2 Å². The molecule has 5 rings (SSSR count). The fraction of sp³-hybridized carbons (Fsp3) is 0.0714. The zero-order valence-corrected chi connectivity index (χ0v) is 18.3. The number of para-hydroxylation sites is 1. The van der Waals surface area contributed by atoms with Gasteiger partial charge in [-0.3, -0.25) is 9.78 Å². The van der Waals surface area contributed by atoms with Crippen LogP contribution in [0.5, 0.6) is 11.5 Å². The number of hydrogen-bond acceptors (Lipinski definition) is 4. The normalized spacial score (nSPS) is 11.8. The molecule has 6 nitrogen and oxygen atoms in total. The van der Waals surface area contributed by atoms with Gasteiger partial charge in [-0.1, -0.05) is 48.5 Å². The minimum atomic E-state index is -0.603. The summed E-state index contributed by atoms with van der Waals surface area (Å²) in [4.78, 5) is 17.4. The van der Waals surface area contributed by atoms with E-state index in [9.17, 15) is 9.90 Å². The second kappa shape index (κ2) is 9.50. The largest absolute Gasteiger partial charge is 0.505 e. The first-order valence-electron chi connectivity index (χ1n) is 11.0. The predicted octanol–water partition coefficient (Wildman–Crippen LogP) is 5.02. The Morgan fingerprint density at radius 3 is 2.38 bits per heavy atom. The van der Waals surface area contributed by atoms with Crippen LogP contribution in [-0.4, -0.2) is 27.2 Å². The quantitative estimate of drug-likeness (QED) is 0.366. The molecule has 1 amide bonds. The first kappa shape index (κ1) is 21.3. The lowest BCUT2D eigenvalue weighted by molar-refractivity contribution is -0.123. The summed E-state index contributed by atoms with van der Waals surface area (Å²) in [6, 6.07) is 27.7. The van der Waals surface area contributed by atoms with Gasteiger partial charge in [0.25, 0.3) is 5.91 Å². The Kier molecular flexibility index (Phi) is 5.95. The monoisotopic (exact) mass is 449 g/mol. The first-order chi connectivity index (χ1) is 16.7. The van der Waals surface area contributed by atoms with Gasteiger partial charge in [0.1, 0.15) is 17.0 Å². The number of nitrogens with zero attached hydrogens (tertiary/aromatic N) is 2. The number of aromatic hydroxyl groups is 1. The van der Waals surface area contributed by atoms with Crippen molar-refractivity contribution in [2.24, 2.45) is 0 Å². The highest BCUT2D eigenvalue weighted by Gasteiger charge is 2.24. The number of nitrogens with one attached hydrogen (secondary N) is 1. The SMILES string of the molecule is O=C(COc1ccccc1)NC(c1ccccc1)c1cc(-n2cccc2)c2cccnc2c1O. The van der Waals surface area contributed by atoms with E-state index < -0.39 is 6.04 Å². The Balaban J connectivity index is 1.56. The van der Waals surface area contributed by atoms with E-state index in [1.165, 1.54) is 0 Å².